The Morgan fingerprint density at radius 3 is 2.86 bits per heavy atom. The SMILES string of the molecule is Cc1cc(NC2CCCN(c3cnn(C)c3)C2)nc(C)n1. The Kier molecular flexibility index (Phi) is 3.77. The van der Waals surface area contributed by atoms with Crippen molar-refractivity contribution >= 4 is 11.5 Å². The number of anilines is 2. The van der Waals surface area contributed by atoms with Crippen LogP contribution < -0.4 is 10.2 Å². The summed E-state index contributed by atoms with van der Waals surface area (Å²) in [5.41, 5.74) is 2.20. The molecule has 0 radical (unpaired) electrons. The predicted octanol–water partition coefficient (Wildman–Crippen LogP) is 1.91. The minimum atomic E-state index is 0.410. The number of piperidine rings is 1. The Balaban J connectivity index is 1.68. The molecule has 3 heterocycles. The zero-order chi connectivity index (χ0) is 14.8. The first-order chi connectivity index (χ1) is 10.1. The molecule has 112 valence electrons. The fourth-order valence-electron chi connectivity index (χ4n) is 2.90. The van der Waals surface area contributed by atoms with E-state index in [-0.39, 0.29) is 0 Å². The van der Waals surface area contributed by atoms with Crippen molar-refractivity contribution in [3.05, 3.63) is 30.0 Å². The first-order valence-corrected chi connectivity index (χ1v) is 7.42. The second-order valence-electron chi connectivity index (χ2n) is 5.74. The van der Waals surface area contributed by atoms with Crippen LogP contribution in [-0.4, -0.2) is 38.9 Å². The molecule has 3 rings (SSSR count). The summed E-state index contributed by atoms with van der Waals surface area (Å²) in [6.45, 7) is 6.00. The zero-order valence-corrected chi connectivity index (χ0v) is 12.9. The molecule has 0 amide bonds. The monoisotopic (exact) mass is 286 g/mol. The summed E-state index contributed by atoms with van der Waals surface area (Å²) in [4.78, 5) is 11.2. The molecule has 21 heavy (non-hydrogen) atoms. The van der Waals surface area contributed by atoms with Gasteiger partial charge in [-0.1, -0.05) is 0 Å². The van der Waals surface area contributed by atoms with Crippen molar-refractivity contribution < 1.29 is 0 Å². The molecular formula is C15H22N6. The van der Waals surface area contributed by atoms with E-state index in [1.54, 1.807) is 0 Å². The topological polar surface area (TPSA) is 58.9 Å². The standard InChI is InChI=1S/C15H22N6/c1-11-7-15(18-12(2)17-11)19-13-5-4-6-21(9-13)14-8-16-20(3)10-14/h7-8,10,13H,4-6,9H2,1-3H3,(H,17,18,19). The summed E-state index contributed by atoms with van der Waals surface area (Å²) >= 11 is 0. The second-order valence-corrected chi connectivity index (χ2v) is 5.74. The third-order valence-electron chi connectivity index (χ3n) is 3.80. The Morgan fingerprint density at radius 1 is 1.29 bits per heavy atom. The van der Waals surface area contributed by atoms with Crippen molar-refractivity contribution in [2.45, 2.75) is 32.7 Å². The molecule has 0 bridgehead atoms. The van der Waals surface area contributed by atoms with Crippen LogP contribution in [-0.2, 0) is 7.05 Å². The summed E-state index contributed by atoms with van der Waals surface area (Å²) in [6.07, 6.45) is 6.34. The summed E-state index contributed by atoms with van der Waals surface area (Å²) in [5, 5.41) is 7.81. The molecule has 0 aromatic carbocycles. The lowest BCUT2D eigenvalue weighted by molar-refractivity contribution is 0.528. The Hall–Kier alpha value is -2.11. The third-order valence-corrected chi connectivity index (χ3v) is 3.80. The van der Waals surface area contributed by atoms with Gasteiger partial charge in [-0.25, -0.2) is 9.97 Å². The third kappa shape index (κ3) is 3.32. The average molecular weight is 286 g/mol. The lowest BCUT2D eigenvalue weighted by Crippen LogP contribution is -2.42. The molecule has 2 aromatic heterocycles. The molecule has 1 N–H and O–H groups in total. The molecular weight excluding hydrogens is 264 g/mol. The Morgan fingerprint density at radius 2 is 2.14 bits per heavy atom. The van der Waals surface area contributed by atoms with Crippen LogP contribution >= 0.6 is 0 Å². The maximum atomic E-state index is 4.47. The van der Waals surface area contributed by atoms with Crippen LogP contribution in [0.4, 0.5) is 11.5 Å². The highest BCUT2D eigenvalue weighted by atomic mass is 15.3. The molecule has 1 unspecified atom stereocenters. The molecule has 0 spiro atoms. The molecule has 2 aromatic rings. The number of aromatic nitrogens is 4. The fourth-order valence-corrected chi connectivity index (χ4v) is 2.90. The van der Waals surface area contributed by atoms with E-state index in [0.717, 1.165) is 30.4 Å². The summed E-state index contributed by atoms with van der Waals surface area (Å²) in [7, 11) is 1.95. The van der Waals surface area contributed by atoms with Crippen LogP contribution in [0.1, 0.15) is 24.4 Å². The van der Waals surface area contributed by atoms with E-state index in [1.165, 1.54) is 18.5 Å². The zero-order valence-electron chi connectivity index (χ0n) is 12.9. The number of aryl methyl sites for hydroxylation is 3. The average Bonchev–Trinajstić information content (AvgIpc) is 2.84. The molecule has 6 heteroatoms. The highest BCUT2D eigenvalue weighted by molar-refractivity contribution is 5.45. The molecule has 1 fully saturated rings. The quantitative estimate of drug-likeness (QED) is 0.934. The van der Waals surface area contributed by atoms with Crippen LogP contribution in [0.25, 0.3) is 0 Å². The molecule has 1 aliphatic rings. The Bertz CT molecular complexity index is 600. The molecule has 1 atom stereocenters. The molecule has 1 saturated heterocycles. The van der Waals surface area contributed by atoms with Gasteiger partial charge in [0.2, 0.25) is 0 Å². The lowest BCUT2D eigenvalue weighted by atomic mass is 10.1. The van der Waals surface area contributed by atoms with E-state index >= 15 is 0 Å². The predicted molar refractivity (Wildman–Crippen MR) is 83.6 cm³/mol. The van der Waals surface area contributed by atoms with Crippen molar-refractivity contribution in [1.29, 1.82) is 0 Å². The summed E-state index contributed by atoms with van der Waals surface area (Å²) in [6, 6.07) is 2.42. The van der Waals surface area contributed by atoms with Gasteiger partial charge in [0, 0.05) is 44.1 Å². The number of hydrogen-bond acceptors (Lipinski definition) is 5. The van der Waals surface area contributed by atoms with Gasteiger partial charge in [-0.05, 0) is 26.7 Å². The normalized spacial score (nSPS) is 18.8. The first kappa shape index (κ1) is 13.9. The van der Waals surface area contributed by atoms with Gasteiger partial charge >= 0.3 is 0 Å². The van der Waals surface area contributed by atoms with Crippen molar-refractivity contribution in [3.8, 4) is 0 Å². The minimum Gasteiger partial charge on any atom is -0.367 e. The first-order valence-electron chi connectivity index (χ1n) is 7.42. The van der Waals surface area contributed by atoms with Crippen molar-refractivity contribution in [2.75, 3.05) is 23.3 Å². The molecule has 0 saturated carbocycles. The highest BCUT2D eigenvalue weighted by Gasteiger charge is 2.21. The number of hydrogen-bond donors (Lipinski definition) is 1. The minimum absolute atomic E-state index is 0.410. The second kappa shape index (κ2) is 5.71. The van der Waals surface area contributed by atoms with E-state index in [1.807, 2.05) is 37.8 Å². The van der Waals surface area contributed by atoms with E-state index in [9.17, 15) is 0 Å². The van der Waals surface area contributed by atoms with Gasteiger partial charge in [0.1, 0.15) is 11.6 Å². The van der Waals surface area contributed by atoms with E-state index in [0.29, 0.717) is 6.04 Å². The molecule has 6 nitrogen and oxygen atoms in total. The van der Waals surface area contributed by atoms with Gasteiger partial charge in [0.15, 0.2) is 0 Å². The number of rotatable bonds is 3. The fraction of sp³-hybridized carbons (Fsp3) is 0.533. The van der Waals surface area contributed by atoms with Crippen LogP contribution in [0.2, 0.25) is 0 Å². The maximum Gasteiger partial charge on any atom is 0.130 e. The number of nitrogens with zero attached hydrogens (tertiary/aromatic N) is 5. The van der Waals surface area contributed by atoms with Crippen LogP contribution in [0.3, 0.4) is 0 Å². The maximum absolute atomic E-state index is 4.47. The Labute approximate surface area is 125 Å². The van der Waals surface area contributed by atoms with Crippen LogP contribution in [0, 0.1) is 13.8 Å². The van der Waals surface area contributed by atoms with E-state index in [4.69, 9.17) is 0 Å². The smallest absolute Gasteiger partial charge is 0.130 e. The summed E-state index contributed by atoms with van der Waals surface area (Å²) < 4.78 is 1.85. The molecule has 0 aliphatic carbocycles. The van der Waals surface area contributed by atoms with E-state index < -0.39 is 0 Å². The van der Waals surface area contributed by atoms with Gasteiger partial charge in [0.25, 0.3) is 0 Å². The number of nitrogens with one attached hydrogen (secondary N) is 1. The summed E-state index contributed by atoms with van der Waals surface area (Å²) in [5.74, 6) is 1.75. The van der Waals surface area contributed by atoms with Crippen molar-refractivity contribution in [3.63, 3.8) is 0 Å². The lowest BCUT2D eigenvalue weighted by Gasteiger charge is -2.34. The molecule has 1 aliphatic heterocycles. The largest absolute Gasteiger partial charge is 0.367 e. The van der Waals surface area contributed by atoms with Crippen molar-refractivity contribution in [1.82, 2.24) is 19.7 Å². The highest BCUT2D eigenvalue weighted by Crippen LogP contribution is 2.21. The van der Waals surface area contributed by atoms with Crippen molar-refractivity contribution in [2.24, 2.45) is 7.05 Å². The van der Waals surface area contributed by atoms with E-state index in [2.05, 4.69) is 31.5 Å². The van der Waals surface area contributed by atoms with Gasteiger partial charge in [0.05, 0.1) is 11.9 Å². The van der Waals surface area contributed by atoms with Gasteiger partial charge in [-0.3, -0.25) is 4.68 Å². The van der Waals surface area contributed by atoms with Crippen LogP contribution in [0.15, 0.2) is 18.5 Å². The van der Waals surface area contributed by atoms with Gasteiger partial charge in [-0.2, -0.15) is 5.10 Å². The van der Waals surface area contributed by atoms with Gasteiger partial charge in [-0.15, -0.1) is 0 Å². The van der Waals surface area contributed by atoms with Gasteiger partial charge < -0.3 is 10.2 Å². The van der Waals surface area contributed by atoms with Crippen LogP contribution in [0.5, 0.6) is 0 Å².